The van der Waals surface area contributed by atoms with Crippen LogP contribution in [0.5, 0.6) is 0 Å². The molecule has 6 nitrogen and oxygen atoms in total. The summed E-state index contributed by atoms with van der Waals surface area (Å²) in [7, 11) is 1.29. The van der Waals surface area contributed by atoms with E-state index in [2.05, 4.69) is 9.64 Å². The molecule has 2 aromatic carbocycles. The van der Waals surface area contributed by atoms with Gasteiger partial charge in [0.1, 0.15) is 11.6 Å². The molecule has 0 N–H and O–H groups in total. The van der Waals surface area contributed by atoms with Crippen molar-refractivity contribution in [3.8, 4) is 0 Å². The molecule has 4 rings (SSSR count). The largest absolute Gasteiger partial charge is 0.465 e. The van der Waals surface area contributed by atoms with Crippen LogP contribution in [-0.4, -0.2) is 48.9 Å². The fourth-order valence-corrected chi connectivity index (χ4v) is 4.72. The minimum atomic E-state index is -0.561. The average molecular weight is 456 g/mol. The van der Waals surface area contributed by atoms with Gasteiger partial charge >= 0.3 is 5.97 Å². The number of ether oxygens (including phenoxy) is 1. The first-order valence-corrected chi connectivity index (χ1v) is 11.1. The molecule has 2 heterocycles. The normalized spacial score (nSPS) is 19.8. The number of hydrogen-bond acceptors (Lipinski definition) is 5. The number of methoxy groups -OCH3 is 1. The molecule has 0 aromatic heterocycles. The van der Waals surface area contributed by atoms with Crippen LogP contribution in [0.25, 0.3) is 0 Å². The van der Waals surface area contributed by atoms with Crippen LogP contribution in [0, 0.1) is 17.6 Å². The number of carbonyl (C=O) groups is 3. The van der Waals surface area contributed by atoms with Crippen molar-refractivity contribution in [2.24, 2.45) is 5.92 Å². The van der Waals surface area contributed by atoms with Crippen molar-refractivity contribution in [3.63, 3.8) is 0 Å². The van der Waals surface area contributed by atoms with Gasteiger partial charge in [-0.05, 0) is 86.7 Å². The Labute approximate surface area is 191 Å². The summed E-state index contributed by atoms with van der Waals surface area (Å²) in [6.45, 7) is 1.39. The topological polar surface area (TPSA) is 66.9 Å². The summed E-state index contributed by atoms with van der Waals surface area (Å²) in [4.78, 5) is 40.5. The summed E-state index contributed by atoms with van der Waals surface area (Å²) in [6.07, 6.45) is 3.29. The smallest absolute Gasteiger partial charge is 0.337 e. The number of piperidine rings is 1. The molecule has 2 amide bonds. The van der Waals surface area contributed by atoms with Gasteiger partial charge in [-0.15, -0.1) is 0 Å². The minimum absolute atomic E-state index is 0.130. The summed E-state index contributed by atoms with van der Waals surface area (Å²) >= 11 is 0. The second-order valence-electron chi connectivity index (χ2n) is 8.62. The quantitative estimate of drug-likeness (QED) is 0.490. The van der Waals surface area contributed by atoms with Crippen LogP contribution in [0.2, 0.25) is 0 Å². The second kappa shape index (κ2) is 9.79. The molecule has 2 aliphatic heterocycles. The lowest BCUT2D eigenvalue weighted by Crippen LogP contribution is -2.46. The highest BCUT2D eigenvalue weighted by Crippen LogP contribution is 2.30. The molecule has 0 saturated carbocycles. The van der Waals surface area contributed by atoms with Gasteiger partial charge < -0.3 is 4.74 Å². The molecule has 2 saturated heterocycles. The van der Waals surface area contributed by atoms with Crippen molar-refractivity contribution >= 4 is 23.5 Å². The number of imide groups is 1. The first-order chi connectivity index (χ1) is 15.9. The van der Waals surface area contributed by atoms with Gasteiger partial charge in [-0.25, -0.2) is 18.5 Å². The zero-order chi connectivity index (χ0) is 23.5. The number of esters is 1. The van der Waals surface area contributed by atoms with E-state index in [0.717, 1.165) is 25.3 Å². The number of benzene rings is 2. The number of aryl methyl sites for hydroxylation is 1. The molecule has 33 heavy (non-hydrogen) atoms. The first kappa shape index (κ1) is 23.0. The van der Waals surface area contributed by atoms with Crippen molar-refractivity contribution < 1.29 is 27.9 Å². The molecule has 0 radical (unpaired) electrons. The lowest BCUT2D eigenvalue weighted by Gasteiger charge is -2.34. The summed E-state index contributed by atoms with van der Waals surface area (Å²) in [5.74, 6) is -1.71. The van der Waals surface area contributed by atoms with Crippen molar-refractivity contribution in [1.82, 2.24) is 4.90 Å². The average Bonchev–Trinajstić information content (AvgIpc) is 3.10. The number of hydrogen-bond donors (Lipinski definition) is 0. The first-order valence-electron chi connectivity index (χ1n) is 11.1. The fraction of sp³-hybridized carbons (Fsp3) is 0.400. The number of likely N-dealkylation sites (tertiary alicyclic amines) is 1. The van der Waals surface area contributed by atoms with Crippen LogP contribution >= 0.6 is 0 Å². The van der Waals surface area contributed by atoms with E-state index >= 15 is 0 Å². The lowest BCUT2D eigenvalue weighted by atomic mass is 9.89. The lowest BCUT2D eigenvalue weighted by molar-refractivity contribution is -0.123. The minimum Gasteiger partial charge on any atom is -0.465 e. The van der Waals surface area contributed by atoms with E-state index in [1.165, 1.54) is 36.3 Å². The standard InChI is InChI=1S/C25H26F2N2O4/c1-33-25(32)18-4-6-21(7-5-18)29-23(30)15-22(24(29)31)28-10-8-16(9-11-28)2-3-17-12-19(26)14-20(27)13-17/h4-7,12-14,16,22H,2-3,8-11,15H2,1H3/t22-/m1/s1. The molecule has 1 atom stereocenters. The Kier molecular flexibility index (Phi) is 6.83. The fourth-order valence-electron chi connectivity index (χ4n) is 4.72. The number of amides is 2. The number of halogens is 2. The van der Waals surface area contributed by atoms with Gasteiger partial charge in [0.25, 0.3) is 5.91 Å². The van der Waals surface area contributed by atoms with E-state index in [1.807, 2.05) is 0 Å². The molecular weight excluding hydrogens is 430 g/mol. The highest BCUT2D eigenvalue weighted by Gasteiger charge is 2.43. The Bertz CT molecular complexity index is 1030. The van der Waals surface area contributed by atoms with E-state index in [4.69, 9.17) is 0 Å². The SMILES string of the molecule is COC(=O)c1ccc(N2C(=O)C[C@@H](N3CCC(CCc4cc(F)cc(F)c4)CC3)C2=O)cc1. The second-order valence-corrected chi connectivity index (χ2v) is 8.62. The van der Waals surface area contributed by atoms with Crippen LogP contribution in [0.4, 0.5) is 14.5 Å². The summed E-state index contributed by atoms with van der Waals surface area (Å²) in [5, 5.41) is 0. The van der Waals surface area contributed by atoms with Crippen LogP contribution < -0.4 is 4.90 Å². The van der Waals surface area contributed by atoms with Crippen LogP contribution in [0.1, 0.15) is 41.6 Å². The van der Waals surface area contributed by atoms with Gasteiger partial charge in [0, 0.05) is 6.07 Å². The van der Waals surface area contributed by atoms with Gasteiger partial charge in [0.2, 0.25) is 5.91 Å². The van der Waals surface area contributed by atoms with Crippen molar-refractivity contribution in [2.75, 3.05) is 25.1 Å². The van der Waals surface area contributed by atoms with E-state index in [1.54, 1.807) is 12.1 Å². The summed E-state index contributed by atoms with van der Waals surface area (Å²) < 4.78 is 31.4. The highest BCUT2D eigenvalue weighted by molar-refractivity contribution is 6.22. The molecule has 0 spiro atoms. The molecule has 2 fully saturated rings. The van der Waals surface area contributed by atoms with Crippen molar-refractivity contribution in [1.29, 1.82) is 0 Å². The number of rotatable bonds is 6. The van der Waals surface area contributed by atoms with E-state index in [-0.39, 0.29) is 18.2 Å². The van der Waals surface area contributed by atoms with Gasteiger partial charge in [-0.1, -0.05) is 0 Å². The van der Waals surface area contributed by atoms with E-state index in [9.17, 15) is 23.2 Å². The molecule has 0 aliphatic carbocycles. The van der Waals surface area contributed by atoms with E-state index in [0.29, 0.717) is 42.2 Å². The maximum atomic E-state index is 13.4. The monoisotopic (exact) mass is 456 g/mol. The third-order valence-electron chi connectivity index (χ3n) is 6.52. The molecule has 2 aromatic rings. The number of nitrogens with zero attached hydrogens (tertiary/aromatic N) is 2. The molecule has 2 aliphatic rings. The molecular formula is C25H26F2N2O4. The van der Waals surface area contributed by atoms with Gasteiger partial charge in [0.15, 0.2) is 0 Å². The zero-order valence-corrected chi connectivity index (χ0v) is 18.4. The Balaban J connectivity index is 1.33. The number of carbonyl (C=O) groups excluding carboxylic acids is 3. The zero-order valence-electron chi connectivity index (χ0n) is 18.4. The third-order valence-corrected chi connectivity index (χ3v) is 6.52. The van der Waals surface area contributed by atoms with Crippen LogP contribution in [0.3, 0.4) is 0 Å². The Morgan fingerprint density at radius 1 is 1.03 bits per heavy atom. The van der Waals surface area contributed by atoms with Crippen molar-refractivity contribution in [3.05, 3.63) is 65.2 Å². The predicted molar refractivity (Wildman–Crippen MR) is 118 cm³/mol. The maximum Gasteiger partial charge on any atom is 0.337 e. The molecule has 174 valence electrons. The summed E-state index contributed by atoms with van der Waals surface area (Å²) in [6, 6.07) is 9.34. The Morgan fingerprint density at radius 3 is 2.27 bits per heavy atom. The van der Waals surface area contributed by atoms with E-state index < -0.39 is 23.6 Å². The third kappa shape index (κ3) is 5.11. The Morgan fingerprint density at radius 2 is 1.67 bits per heavy atom. The highest BCUT2D eigenvalue weighted by atomic mass is 19.1. The van der Waals surface area contributed by atoms with Crippen molar-refractivity contribution in [2.45, 2.75) is 38.1 Å². The molecule has 0 unspecified atom stereocenters. The van der Waals surface area contributed by atoms with Gasteiger partial charge in [-0.3, -0.25) is 14.5 Å². The number of anilines is 1. The van der Waals surface area contributed by atoms with Crippen LogP contribution in [-0.2, 0) is 20.7 Å². The van der Waals surface area contributed by atoms with Crippen LogP contribution in [0.15, 0.2) is 42.5 Å². The Hall–Kier alpha value is -3.13. The van der Waals surface area contributed by atoms with Gasteiger partial charge in [-0.2, -0.15) is 0 Å². The summed E-state index contributed by atoms with van der Waals surface area (Å²) in [5.41, 5.74) is 1.44. The predicted octanol–water partition coefficient (Wildman–Crippen LogP) is 3.73. The molecule has 8 heteroatoms. The van der Waals surface area contributed by atoms with Gasteiger partial charge in [0.05, 0.1) is 30.8 Å². The molecule has 0 bridgehead atoms. The maximum absolute atomic E-state index is 13.4.